The molecule has 1 heterocycles. The molecule has 0 aromatic heterocycles. The van der Waals surface area contributed by atoms with Gasteiger partial charge in [-0.25, -0.2) is 0 Å². The van der Waals surface area contributed by atoms with Crippen molar-refractivity contribution in [1.82, 2.24) is 0 Å². The van der Waals surface area contributed by atoms with Gasteiger partial charge in [0.25, 0.3) is 5.91 Å². The number of carbonyl (C=O) groups is 2. The second-order valence-electron chi connectivity index (χ2n) is 6.87. The molecule has 3 aromatic rings. The van der Waals surface area contributed by atoms with Gasteiger partial charge in [0.15, 0.2) is 0 Å². The van der Waals surface area contributed by atoms with Gasteiger partial charge in [-0.1, -0.05) is 43.3 Å². The molecule has 27 heavy (non-hydrogen) atoms. The molecule has 4 nitrogen and oxygen atoms in total. The summed E-state index contributed by atoms with van der Waals surface area (Å²) in [7, 11) is 0. The van der Waals surface area contributed by atoms with Crippen molar-refractivity contribution in [2.24, 2.45) is 0 Å². The Morgan fingerprint density at radius 3 is 2.70 bits per heavy atom. The molecule has 1 N–H and O–H groups in total. The molecule has 0 radical (unpaired) electrons. The van der Waals surface area contributed by atoms with Crippen molar-refractivity contribution in [2.75, 3.05) is 16.8 Å². The standard InChI is InChI=1S/C23H22N2O2/c1-2-14-25-21-12-11-18(15-17(21)10-13-22(25)26)24-23(27)20-9-5-7-16-6-3-4-8-19(16)20/h3-9,11-12,15H,2,10,13-14H2,1H3,(H,24,27). The van der Waals surface area contributed by atoms with Gasteiger partial charge >= 0.3 is 0 Å². The van der Waals surface area contributed by atoms with E-state index in [0.717, 1.165) is 40.7 Å². The molecule has 1 aliphatic rings. The predicted octanol–water partition coefficient (Wildman–Crippen LogP) is 4.78. The largest absolute Gasteiger partial charge is 0.322 e. The highest BCUT2D eigenvalue weighted by molar-refractivity contribution is 6.13. The first-order valence-electron chi connectivity index (χ1n) is 9.40. The Morgan fingerprint density at radius 2 is 1.85 bits per heavy atom. The second-order valence-corrected chi connectivity index (χ2v) is 6.87. The number of benzene rings is 3. The van der Waals surface area contributed by atoms with Crippen molar-refractivity contribution < 1.29 is 9.59 Å². The number of nitrogens with zero attached hydrogens (tertiary/aromatic N) is 1. The Morgan fingerprint density at radius 1 is 1.04 bits per heavy atom. The van der Waals surface area contributed by atoms with Crippen LogP contribution >= 0.6 is 0 Å². The molecule has 1 aliphatic heterocycles. The normalized spacial score (nSPS) is 13.5. The van der Waals surface area contributed by atoms with Crippen molar-refractivity contribution in [3.8, 4) is 0 Å². The Labute approximate surface area is 158 Å². The minimum Gasteiger partial charge on any atom is -0.322 e. The minimum atomic E-state index is -0.121. The van der Waals surface area contributed by atoms with Crippen LogP contribution in [0.1, 0.15) is 35.7 Å². The van der Waals surface area contributed by atoms with Gasteiger partial charge in [-0.2, -0.15) is 0 Å². The van der Waals surface area contributed by atoms with Crippen molar-refractivity contribution in [1.29, 1.82) is 0 Å². The third-order valence-corrected chi connectivity index (χ3v) is 5.02. The Balaban J connectivity index is 1.62. The molecule has 4 heteroatoms. The van der Waals surface area contributed by atoms with Crippen molar-refractivity contribution >= 4 is 34.0 Å². The zero-order valence-electron chi connectivity index (χ0n) is 15.4. The third kappa shape index (κ3) is 3.31. The molecule has 0 aliphatic carbocycles. The molecule has 0 atom stereocenters. The quantitative estimate of drug-likeness (QED) is 0.729. The molecule has 0 saturated carbocycles. The maximum absolute atomic E-state index is 12.8. The molecule has 0 saturated heterocycles. The van der Waals surface area contributed by atoms with Gasteiger partial charge in [0.05, 0.1) is 0 Å². The zero-order valence-corrected chi connectivity index (χ0v) is 15.4. The molecule has 2 amide bonds. The molecule has 3 aromatic carbocycles. The van der Waals surface area contributed by atoms with Crippen LogP contribution < -0.4 is 10.2 Å². The summed E-state index contributed by atoms with van der Waals surface area (Å²) in [5.74, 6) is 0.0564. The molecule has 136 valence electrons. The summed E-state index contributed by atoms with van der Waals surface area (Å²) >= 11 is 0. The maximum atomic E-state index is 12.8. The number of fused-ring (bicyclic) bond motifs is 2. The van der Waals surface area contributed by atoms with E-state index in [1.54, 1.807) is 0 Å². The van der Waals surface area contributed by atoms with E-state index in [9.17, 15) is 9.59 Å². The van der Waals surface area contributed by atoms with Crippen LogP contribution in [0.2, 0.25) is 0 Å². The van der Waals surface area contributed by atoms with Crippen LogP contribution in [-0.2, 0) is 11.2 Å². The minimum absolute atomic E-state index is 0.121. The highest BCUT2D eigenvalue weighted by Crippen LogP contribution is 2.31. The predicted molar refractivity (Wildman–Crippen MR) is 109 cm³/mol. The van der Waals surface area contributed by atoms with Gasteiger partial charge < -0.3 is 10.2 Å². The van der Waals surface area contributed by atoms with Gasteiger partial charge in [-0.3, -0.25) is 9.59 Å². The van der Waals surface area contributed by atoms with Crippen LogP contribution in [0, 0.1) is 0 Å². The number of nitrogens with one attached hydrogen (secondary N) is 1. The van der Waals surface area contributed by atoms with Crippen LogP contribution in [0.4, 0.5) is 11.4 Å². The van der Waals surface area contributed by atoms with Crippen LogP contribution in [0.25, 0.3) is 10.8 Å². The first-order chi connectivity index (χ1) is 13.2. The number of carbonyl (C=O) groups excluding carboxylic acids is 2. The van der Waals surface area contributed by atoms with Crippen LogP contribution in [0.3, 0.4) is 0 Å². The Kier molecular flexibility index (Phi) is 4.63. The fourth-order valence-electron chi connectivity index (χ4n) is 3.73. The summed E-state index contributed by atoms with van der Waals surface area (Å²) in [6.07, 6.45) is 2.16. The highest BCUT2D eigenvalue weighted by atomic mass is 16.2. The van der Waals surface area contributed by atoms with Crippen LogP contribution in [-0.4, -0.2) is 18.4 Å². The number of aryl methyl sites for hydroxylation is 1. The number of hydrogen-bond donors (Lipinski definition) is 1. The average molecular weight is 358 g/mol. The van der Waals surface area contributed by atoms with E-state index < -0.39 is 0 Å². The summed E-state index contributed by atoms with van der Waals surface area (Å²) < 4.78 is 0. The van der Waals surface area contributed by atoms with Crippen molar-refractivity contribution in [3.63, 3.8) is 0 Å². The molecular weight excluding hydrogens is 336 g/mol. The topological polar surface area (TPSA) is 49.4 Å². The summed E-state index contributed by atoms with van der Waals surface area (Å²) in [4.78, 5) is 26.9. The summed E-state index contributed by atoms with van der Waals surface area (Å²) in [5, 5.41) is 5.00. The van der Waals surface area contributed by atoms with E-state index in [4.69, 9.17) is 0 Å². The molecule has 0 unspecified atom stereocenters. The average Bonchev–Trinajstić information content (AvgIpc) is 2.69. The summed E-state index contributed by atoms with van der Waals surface area (Å²) in [6.45, 7) is 2.80. The van der Waals surface area contributed by atoms with E-state index in [-0.39, 0.29) is 11.8 Å². The summed E-state index contributed by atoms with van der Waals surface area (Å²) in [5.41, 5.74) is 3.50. The highest BCUT2D eigenvalue weighted by Gasteiger charge is 2.23. The van der Waals surface area contributed by atoms with Gasteiger partial charge in [-0.15, -0.1) is 0 Å². The number of amides is 2. The maximum Gasteiger partial charge on any atom is 0.256 e. The van der Waals surface area contributed by atoms with E-state index in [1.807, 2.05) is 65.6 Å². The lowest BCUT2D eigenvalue weighted by atomic mass is 10.00. The Bertz CT molecular complexity index is 1020. The SMILES string of the molecule is CCCN1C(=O)CCc2cc(NC(=O)c3cccc4ccccc34)ccc21. The van der Waals surface area contributed by atoms with Gasteiger partial charge in [-0.05, 0) is 53.4 Å². The lowest BCUT2D eigenvalue weighted by Gasteiger charge is -2.29. The fraction of sp³-hybridized carbons (Fsp3) is 0.217. The van der Waals surface area contributed by atoms with Crippen LogP contribution in [0.15, 0.2) is 60.7 Å². The first-order valence-corrected chi connectivity index (χ1v) is 9.40. The lowest BCUT2D eigenvalue weighted by molar-refractivity contribution is -0.118. The van der Waals surface area contributed by atoms with Crippen LogP contribution in [0.5, 0.6) is 0 Å². The third-order valence-electron chi connectivity index (χ3n) is 5.02. The number of rotatable bonds is 4. The zero-order chi connectivity index (χ0) is 18.8. The van der Waals surface area contributed by atoms with Gasteiger partial charge in [0.2, 0.25) is 5.91 Å². The number of anilines is 2. The molecule has 4 rings (SSSR count). The molecule has 0 fully saturated rings. The monoisotopic (exact) mass is 358 g/mol. The summed E-state index contributed by atoms with van der Waals surface area (Å²) in [6, 6.07) is 19.4. The van der Waals surface area contributed by atoms with E-state index in [0.29, 0.717) is 18.4 Å². The second kappa shape index (κ2) is 7.23. The molecule has 0 spiro atoms. The van der Waals surface area contributed by atoms with Crippen molar-refractivity contribution in [2.45, 2.75) is 26.2 Å². The number of hydrogen-bond acceptors (Lipinski definition) is 2. The van der Waals surface area contributed by atoms with E-state index in [2.05, 4.69) is 12.2 Å². The van der Waals surface area contributed by atoms with Gasteiger partial charge in [0.1, 0.15) is 0 Å². The fourth-order valence-corrected chi connectivity index (χ4v) is 3.73. The van der Waals surface area contributed by atoms with Crippen molar-refractivity contribution in [3.05, 3.63) is 71.8 Å². The van der Waals surface area contributed by atoms with E-state index >= 15 is 0 Å². The van der Waals surface area contributed by atoms with E-state index in [1.165, 1.54) is 0 Å². The Hall–Kier alpha value is -3.14. The first kappa shape index (κ1) is 17.3. The molecular formula is C23H22N2O2. The smallest absolute Gasteiger partial charge is 0.256 e. The lowest BCUT2D eigenvalue weighted by Crippen LogP contribution is -2.35. The van der Waals surface area contributed by atoms with Gasteiger partial charge in [0, 0.05) is 29.9 Å². The molecule has 0 bridgehead atoms.